The Kier molecular flexibility index (Phi) is 8.64. The number of hydrogen-bond acceptors (Lipinski definition) is 8. The fourth-order valence-electron chi connectivity index (χ4n) is 3.63. The van der Waals surface area contributed by atoms with Crippen LogP contribution in [-0.4, -0.2) is 70.0 Å². The number of urea groups is 1. The van der Waals surface area contributed by atoms with Crippen molar-refractivity contribution in [1.82, 2.24) is 25.5 Å². The third-order valence-electron chi connectivity index (χ3n) is 5.44. The Balaban J connectivity index is 1.25. The quantitative estimate of drug-likeness (QED) is 0.293. The number of nitrogens with one attached hydrogen (secondary N) is 5. The SMILES string of the molecule is O=C1NC(C(=O)NCCCNc2nc(Nc3cccc(NC(=O)N4CCCC4)c3)ncc2Br)CS1. The lowest BCUT2D eigenvalue weighted by Gasteiger charge is -2.16. The third kappa shape index (κ3) is 7.21. The lowest BCUT2D eigenvalue weighted by molar-refractivity contribution is -0.122. The molecule has 2 aromatic rings. The maximum atomic E-state index is 12.3. The molecule has 13 heteroatoms. The van der Waals surface area contributed by atoms with Crippen molar-refractivity contribution in [3.05, 3.63) is 34.9 Å². The molecule has 4 rings (SSSR count). The van der Waals surface area contributed by atoms with Crippen molar-refractivity contribution < 1.29 is 14.4 Å². The third-order valence-corrected chi connectivity index (χ3v) is 6.90. The average Bonchev–Trinajstić information content (AvgIpc) is 3.53. The zero-order chi connectivity index (χ0) is 24.6. The van der Waals surface area contributed by atoms with Crippen LogP contribution in [-0.2, 0) is 4.79 Å². The first-order chi connectivity index (χ1) is 17.0. The van der Waals surface area contributed by atoms with Crippen LogP contribution in [0.25, 0.3) is 0 Å². The maximum absolute atomic E-state index is 12.3. The Morgan fingerprint density at radius 3 is 2.77 bits per heavy atom. The monoisotopic (exact) mass is 562 g/mol. The average molecular weight is 563 g/mol. The van der Waals surface area contributed by atoms with Gasteiger partial charge < -0.3 is 31.5 Å². The molecular formula is C22H27BrN8O3S. The highest BCUT2D eigenvalue weighted by molar-refractivity contribution is 9.10. The normalized spacial score (nSPS) is 17.1. The van der Waals surface area contributed by atoms with Crippen LogP contribution in [0.3, 0.4) is 0 Å². The molecule has 4 amide bonds. The molecule has 2 saturated heterocycles. The van der Waals surface area contributed by atoms with Crippen LogP contribution in [0, 0.1) is 0 Å². The molecule has 1 unspecified atom stereocenters. The molecule has 0 saturated carbocycles. The number of likely N-dealkylation sites (tertiary alicyclic amines) is 1. The first kappa shape index (κ1) is 25.0. The van der Waals surface area contributed by atoms with Gasteiger partial charge in [-0.25, -0.2) is 9.78 Å². The number of thioether (sulfide) groups is 1. The second-order valence-corrected chi connectivity index (χ2v) is 9.93. The van der Waals surface area contributed by atoms with E-state index in [4.69, 9.17) is 0 Å². The maximum Gasteiger partial charge on any atom is 0.321 e. The molecule has 1 atom stereocenters. The summed E-state index contributed by atoms with van der Waals surface area (Å²) in [7, 11) is 0. The van der Waals surface area contributed by atoms with E-state index < -0.39 is 6.04 Å². The summed E-state index contributed by atoms with van der Waals surface area (Å²) in [5.41, 5.74) is 1.44. The van der Waals surface area contributed by atoms with Gasteiger partial charge in [-0.15, -0.1) is 0 Å². The van der Waals surface area contributed by atoms with Gasteiger partial charge in [-0.3, -0.25) is 9.59 Å². The van der Waals surface area contributed by atoms with Crippen LogP contribution in [0.5, 0.6) is 0 Å². The molecule has 35 heavy (non-hydrogen) atoms. The Bertz CT molecular complexity index is 1080. The molecule has 5 N–H and O–H groups in total. The van der Waals surface area contributed by atoms with E-state index in [1.54, 1.807) is 6.20 Å². The van der Waals surface area contributed by atoms with E-state index in [1.165, 1.54) is 0 Å². The second-order valence-electron chi connectivity index (χ2n) is 8.09. The smallest absolute Gasteiger partial charge is 0.321 e. The van der Waals surface area contributed by atoms with E-state index in [1.807, 2.05) is 29.2 Å². The van der Waals surface area contributed by atoms with E-state index in [0.29, 0.717) is 47.2 Å². The molecule has 1 aromatic heterocycles. The van der Waals surface area contributed by atoms with Gasteiger partial charge in [0.1, 0.15) is 11.9 Å². The summed E-state index contributed by atoms with van der Waals surface area (Å²) in [6, 6.07) is 6.85. The van der Waals surface area contributed by atoms with Crippen molar-refractivity contribution in [3.8, 4) is 0 Å². The fourth-order valence-corrected chi connectivity index (χ4v) is 4.74. The Morgan fingerprint density at radius 2 is 2.00 bits per heavy atom. The van der Waals surface area contributed by atoms with Gasteiger partial charge in [0.25, 0.3) is 5.24 Å². The van der Waals surface area contributed by atoms with Crippen LogP contribution in [0.2, 0.25) is 0 Å². The number of carbonyl (C=O) groups excluding carboxylic acids is 3. The zero-order valence-corrected chi connectivity index (χ0v) is 21.4. The Labute approximate surface area is 215 Å². The molecule has 1 aromatic carbocycles. The van der Waals surface area contributed by atoms with Gasteiger partial charge in [0.2, 0.25) is 11.9 Å². The topological polar surface area (TPSA) is 140 Å². The fraction of sp³-hybridized carbons (Fsp3) is 0.409. The summed E-state index contributed by atoms with van der Waals surface area (Å²) in [6.45, 7) is 2.64. The standard InChI is InChI=1S/C22H27BrN8O3S/c23-16-12-26-20(27-14-5-3-6-15(11-14)28-21(33)31-9-1-2-10-31)30-18(16)24-7-4-8-25-19(32)17-13-35-22(34)29-17/h3,5-6,11-12,17H,1-2,4,7-10,13H2,(H,25,32)(H,28,33)(H,29,34)(H2,24,26,27,30). The van der Waals surface area contributed by atoms with Gasteiger partial charge in [-0.2, -0.15) is 4.98 Å². The number of nitrogens with zero attached hydrogens (tertiary/aromatic N) is 3. The number of aromatic nitrogens is 2. The summed E-state index contributed by atoms with van der Waals surface area (Å²) in [6.07, 6.45) is 4.41. The molecule has 11 nitrogen and oxygen atoms in total. The van der Waals surface area contributed by atoms with Gasteiger partial charge in [0, 0.05) is 49.5 Å². The minimum atomic E-state index is -0.461. The van der Waals surface area contributed by atoms with Crippen molar-refractivity contribution >= 4 is 68.0 Å². The first-order valence-electron chi connectivity index (χ1n) is 11.4. The van der Waals surface area contributed by atoms with Crippen molar-refractivity contribution in [2.45, 2.75) is 25.3 Å². The lowest BCUT2D eigenvalue weighted by atomic mass is 10.3. The summed E-state index contributed by atoms with van der Waals surface area (Å²) in [5, 5.41) is 14.6. The Hall–Kier alpha value is -3.06. The van der Waals surface area contributed by atoms with Crippen molar-refractivity contribution in [2.75, 3.05) is 47.9 Å². The first-order valence-corrected chi connectivity index (χ1v) is 13.2. The van der Waals surface area contributed by atoms with Crippen molar-refractivity contribution in [3.63, 3.8) is 0 Å². The van der Waals surface area contributed by atoms with Crippen LogP contribution < -0.4 is 26.6 Å². The second kappa shape index (κ2) is 12.1. The predicted octanol–water partition coefficient (Wildman–Crippen LogP) is 3.35. The van der Waals surface area contributed by atoms with Crippen LogP contribution in [0.15, 0.2) is 34.9 Å². The number of amides is 4. The van der Waals surface area contributed by atoms with Gasteiger partial charge in [-0.05, 0) is 53.4 Å². The van der Waals surface area contributed by atoms with Crippen LogP contribution in [0.1, 0.15) is 19.3 Å². The summed E-state index contributed by atoms with van der Waals surface area (Å²) in [4.78, 5) is 46.2. The van der Waals surface area contributed by atoms with Gasteiger partial charge >= 0.3 is 6.03 Å². The largest absolute Gasteiger partial charge is 0.369 e. The predicted molar refractivity (Wildman–Crippen MR) is 140 cm³/mol. The number of anilines is 4. The molecular weight excluding hydrogens is 536 g/mol. The highest BCUT2D eigenvalue weighted by atomic mass is 79.9. The zero-order valence-electron chi connectivity index (χ0n) is 19.0. The van der Waals surface area contributed by atoms with Crippen LogP contribution >= 0.6 is 27.7 Å². The molecule has 3 heterocycles. The summed E-state index contributed by atoms with van der Waals surface area (Å²) < 4.78 is 0.712. The van der Waals surface area contributed by atoms with E-state index >= 15 is 0 Å². The Morgan fingerprint density at radius 1 is 1.20 bits per heavy atom. The number of rotatable bonds is 9. The molecule has 2 aliphatic heterocycles. The lowest BCUT2D eigenvalue weighted by Crippen LogP contribution is -2.43. The van der Waals surface area contributed by atoms with Crippen molar-refractivity contribution in [2.24, 2.45) is 0 Å². The molecule has 2 aliphatic rings. The molecule has 0 radical (unpaired) electrons. The molecule has 0 spiro atoms. The van der Waals surface area contributed by atoms with Gasteiger partial charge in [-0.1, -0.05) is 17.8 Å². The number of hydrogen-bond donors (Lipinski definition) is 5. The number of benzene rings is 1. The van der Waals surface area contributed by atoms with E-state index in [0.717, 1.165) is 43.4 Å². The van der Waals surface area contributed by atoms with E-state index in [2.05, 4.69) is 52.5 Å². The minimum Gasteiger partial charge on any atom is -0.369 e. The van der Waals surface area contributed by atoms with Gasteiger partial charge in [0.05, 0.1) is 4.47 Å². The molecule has 2 fully saturated rings. The minimum absolute atomic E-state index is 0.0888. The van der Waals surface area contributed by atoms with Crippen molar-refractivity contribution in [1.29, 1.82) is 0 Å². The van der Waals surface area contributed by atoms with Crippen LogP contribution in [0.4, 0.5) is 32.7 Å². The van der Waals surface area contributed by atoms with E-state index in [9.17, 15) is 14.4 Å². The molecule has 0 bridgehead atoms. The number of halogens is 1. The number of carbonyl (C=O) groups is 3. The molecule has 0 aliphatic carbocycles. The summed E-state index contributed by atoms with van der Waals surface area (Å²) in [5.74, 6) is 1.31. The highest BCUT2D eigenvalue weighted by Gasteiger charge is 2.27. The highest BCUT2D eigenvalue weighted by Crippen LogP contribution is 2.23. The van der Waals surface area contributed by atoms with Gasteiger partial charge in [0.15, 0.2) is 0 Å². The van der Waals surface area contributed by atoms with E-state index in [-0.39, 0.29) is 17.2 Å². The molecule has 186 valence electrons. The summed E-state index contributed by atoms with van der Waals surface area (Å²) >= 11 is 4.57.